The summed E-state index contributed by atoms with van der Waals surface area (Å²) in [6.07, 6.45) is 3.22. The number of benzene rings is 1. The zero-order valence-corrected chi connectivity index (χ0v) is 13.0. The molecule has 1 saturated heterocycles. The largest absolute Gasteiger partial charge is 0.496 e. The van der Waals surface area contributed by atoms with Crippen LogP contribution in [0.15, 0.2) is 24.3 Å². The maximum Gasteiger partial charge on any atom is 0.241 e. The van der Waals surface area contributed by atoms with Gasteiger partial charge in [-0.2, -0.15) is 0 Å². The van der Waals surface area contributed by atoms with Crippen molar-refractivity contribution < 1.29 is 9.53 Å². The number of carbonyl (C=O) groups excluding carboxylic acids is 1. The van der Waals surface area contributed by atoms with Crippen molar-refractivity contribution in [1.82, 2.24) is 10.2 Å². The second-order valence-electron chi connectivity index (χ2n) is 6.10. The molecule has 2 aliphatic rings. The van der Waals surface area contributed by atoms with Crippen LogP contribution < -0.4 is 10.1 Å². The summed E-state index contributed by atoms with van der Waals surface area (Å²) >= 11 is 0. The topological polar surface area (TPSA) is 41.6 Å². The molecule has 0 spiro atoms. The molecule has 1 aliphatic carbocycles. The summed E-state index contributed by atoms with van der Waals surface area (Å²) < 4.78 is 5.49. The molecule has 3 unspecified atom stereocenters. The van der Waals surface area contributed by atoms with E-state index in [0.29, 0.717) is 5.92 Å². The molecule has 1 amide bonds. The van der Waals surface area contributed by atoms with Crippen molar-refractivity contribution in [3.63, 3.8) is 0 Å². The maximum absolute atomic E-state index is 12.7. The highest BCUT2D eigenvalue weighted by Gasteiger charge is 2.45. The van der Waals surface area contributed by atoms with Gasteiger partial charge in [0.05, 0.1) is 13.2 Å². The quantitative estimate of drug-likeness (QED) is 0.906. The fraction of sp³-hybridized carbons (Fsp3) is 0.588. The van der Waals surface area contributed by atoms with Gasteiger partial charge in [0.15, 0.2) is 0 Å². The van der Waals surface area contributed by atoms with E-state index in [0.717, 1.165) is 17.7 Å². The van der Waals surface area contributed by atoms with E-state index in [9.17, 15) is 4.79 Å². The van der Waals surface area contributed by atoms with Gasteiger partial charge in [-0.15, -0.1) is 0 Å². The van der Waals surface area contributed by atoms with Crippen LogP contribution in [0.1, 0.15) is 44.8 Å². The predicted molar refractivity (Wildman–Crippen MR) is 82.0 cm³/mol. The van der Waals surface area contributed by atoms with Gasteiger partial charge in [0.25, 0.3) is 0 Å². The van der Waals surface area contributed by atoms with Gasteiger partial charge in [-0.3, -0.25) is 10.1 Å². The van der Waals surface area contributed by atoms with Crippen LogP contribution in [-0.2, 0) is 4.79 Å². The van der Waals surface area contributed by atoms with E-state index in [4.69, 9.17) is 4.74 Å². The minimum atomic E-state index is -0.0823. The highest BCUT2D eigenvalue weighted by molar-refractivity contribution is 5.85. The van der Waals surface area contributed by atoms with Gasteiger partial charge in [0.1, 0.15) is 11.9 Å². The van der Waals surface area contributed by atoms with Crippen molar-refractivity contribution >= 4 is 5.91 Å². The van der Waals surface area contributed by atoms with Gasteiger partial charge in [-0.25, -0.2) is 0 Å². The number of methoxy groups -OCH3 is 1. The van der Waals surface area contributed by atoms with Crippen molar-refractivity contribution in [2.24, 2.45) is 5.92 Å². The standard InChI is InChI=1S/C17H24N2O2/c1-4-14-17(20)19(11(2)12-9-10-12)16(18-14)13-7-5-6-8-15(13)21-3/h5-8,11-12,14,16,18H,4,9-10H2,1-3H3. The van der Waals surface area contributed by atoms with E-state index in [1.165, 1.54) is 12.8 Å². The lowest BCUT2D eigenvalue weighted by atomic mass is 10.1. The molecular weight excluding hydrogens is 264 g/mol. The fourth-order valence-corrected chi connectivity index (χ4v) is 3.32. The van der Waals surface area contributed by atoms with Crippen LogP contribution >= 0.6 is 0 Å². The summed E-state index contributed by atoms with van der Waals surface area (Å²) in [6.45, 7) is 4.23. The van der Waals surface area contributed by atoms with Gasteiger partial charge in [0.2, 0.25) is 5.91 Å². The molecule has 1 aliphatic heterocycles. The first kappa shape index (κ1) is 14.4. The maximum atomic E-state index is 12.7. The lowest BCUT2D eigenvalue weighted by molar-refractivity contribution is -0.132. The van der Waals surface area contributed by atoms with Crippen molar-refractivity contribution in [2.75, 3.05) is 7.11 Å². The van der Waals surface area contributed by atoms with E-state index in [2.05, 4.69) is 25.2 Å². The number of para-hydroxylation sites is 1. The van der Waals surface area contributed by atoms with Crippen molar-refractivity contribution in [2.45, 2.75) is 51.4 Å². The number of rotatable bonds is 5. The van der Waals surface area contributed by atoms with Gasteiger partial charge >= 0.3 is 0 Å². The van der Waals surface area contributed by atoms with Crippen molar-refractivity contribution in [1.29, 1.82) is 0 Å². The number of ether oxygens (including phenoxy) is 1. The zero-order chi connectivity index (χ0) is 15.0. The highest BCUT2D eigenvalue weighted by atomic mass is 16.5. The van der Waals surface area contributed by atoms with E-state index in [-0.39, 0.29) is 24.2 Å². The Hall–Kier alpha value is -1.55. The number of hydrogen-bond donors (Lipinski definition) is 1. The Labute approximate surface area is 126 Å². The molecule has 1 aromatic rings. The molecule has 3 atom stereocenters. The third-order valence-electron chi connectivity index (χ3n) is 4.77. The molecule has 1 saturated carbocycles. The Morgan fingerprint density at radius 2 is 2.10 bits per heavy atom. The van der Waals surface area contributed by atoms with E-state index < -0.39 is 0 Å². The molecule has 1 N–H and O–H groups in total. The molecule has 3 rings (SSSR count). The summed E-state index contributed by atoms with van der Waals surface area (Å²) in [5.41, 5.74) is 1.05. The second-order valence-corrected chi connectivity index (χ2v) is 6.10. The first-order valence-electron chi connectivity index (χ1n) is 7.88. The van der Waals surface area contributed by atoms with Crippen LogP contribution in [0.5, 0.6) is 5.75 Å². The molecule has 1 heterocycles. The smallest absolute Gasteiger partial charge is 0.241 e. The van der Waals surface area contributed by atoms with Gasteiger partial charge in [-0.1, -0.05) is 25.1 Å². The Bertz CT molecular complexity index is 527. The Balaban J connectivity index is 1.95. The highest BCUT2D eigenvalue weighted by Crippen LogP contribution is 2.41. The molecule has 21 heavy (non-hydrogen) atoms. The number of nitrogens with zero attached hydrogens (tertiary/aromatic N) is 1. The van der Waals surface area contributed by atoms with E-state index in [1.54, 1.807) is 7.11 Å². The molecule has 0 bridgehead atoms. The summed E-state index contributed by atoms with van der Waals surface area (Å²) in [7, 11) is 1.68. The number of nitrogens with one attached hydrogen (secondary N) is 1. The summed E-state index contributed by atoms with van der Waals surface area (Å²) in [5, 5.41) is 3.49. The van der Waals surface area contributed by atoms with Gasteiger partial charge in [-0.05, 0) is 38.2 Å². The normalized spacial score (nSPS) is 27.0. The summed E-state index contributed by atoms with van der Waals surface area (Å²) in [5.74, 6) is 1.73. The Morgan fingerprint density at radius 3 is 2.71 bits per heavy atom. The van der Waals surface area contributed by atoms with Gasteiger partial charge in [0, 0.05) is 11.6 Å². The lowest BCUT2D eigenvalue weighted by Gasteiger charge is -2.31. The molecule has 1 aromatic carbocycles. The Morgan fingerprint density at radius 1 is 1.38 bits per heavy atom. The predicted octanol–water partition coefficient (Wildman–Crippen LogP) is 2.70. The lowest BCUT2D eigenvalue weighted by Crippen LogP contribution is -2.39. The SMILES string of the molecule is CCC1NC(c2ccccc2OC)N(C(C)C2CC2)C1=O. The number of hydrogen-bond acceptors (Lipinski definition) is 3. The minimum absolute atomic E-state index is 0.0748. The summed E-state index contributed by atoms with van der Waals surface area (Å²) in [4.78, 5) is 14.8. The first-order valence-corrected chi connectivity index (χ1v) is 7.88. The zero-order valence-electron chi connectivity index (χ0n) is 13.0. The van der Waals surface area contributed by atoms with Crippen molar-refractivity contribution in [3.05, 3.63) is 29.8 Å². The second kappa shape index (κ2) is 5.68. The molecule has 4 nitrogen and oxygen atoms in total. The molecule has 114 valence electrons. The van der Waals surface area contributed by atoms with Crippen LogP contribution in [-0.4, -0.2) is 30.0 Å². The molecule has 0 radical (unpaired) electrons. The molecular formula is C17H24N2O2. The van der Waals surface area contributed by atoms with Crippen LogP contribution in [0.2, 0.25) is 0 Å². The van der Waals surface area contributed by atoms with Crippen molar-refractivity contribution in [3.8, 4) is 5.75 Å². The third kappa shape index (κ3) is 2.53. The van der Waals surface area contributed by atoms with Gasteiger partial charge < -0.3 is 9.64 Å². The molecule has 2 fully saturated rings. The average molecular weight is 288 g/mol. The monoisotopic (exact) mass is 288 g/mol. The third-order valence-corrected chi connectivity index (χ3v) is 4.77. The average Bonchev–Trinajstić information content (AvgIpc) is 3.30. The number of amides is 1. The molecule has 0 aromatic heterocycles. The number of carbonyl (C=O) groups is 1. The fourth-order valence-electron chi connectivity index (χ4n) is 3.32. The van der Waals surface area contributed by atoms with Crippen LogP contribution in [0, 0.1) is 5.92 Å². The van der Waals surface area contributed by atoms with Crippen LogP contribution in [0.4, 0.5) is 0 Å². The summed E-state index contributed by atoms with van der Waals surface area (Å²) in [6, 6.07) is 8.18. The van der Waals surface area contributed by atoms with Crippen LogP contribution in [0.3, 0.4) is 0 Å². The first-order chi connectivity index (χ1) is 10.2. The van der Waals surface area contributed by atoms with Crippen LogP contribution in [0.25, 0.3) is 0 Å². The van der Waals surface area contributed by atoms with E-state index >= 15 is 0 Å². The molecule has 4 heteroatoms. The minimum Gasteiger partial charge on any atom is -0.496 e. The van der Waals surface area contributed by atoms with E-state index in [1.807, 2.05) is 23.1 Å². The Kier molecular flexibility index (Phi) is 3.89.